The van der Waals surface area contributed by atoms with Crippen molar-refractivity contribution in [3.63, 3.8) is 0 Å². The molecule has 1 unspecified atom stereocenters. The van der Waals surface area contributed by atoms with Gasteiger partial charge in [0.15, 0.2) is 0 Å². The van der Waals surface area contributed by atoms with Gasteiger partial charge in [0, 0.05) is 17.3 Å². The minimum atomic E-state index is -0.516. The van der Waals surface area contributed by atoms with Gasteiger partial charge in [-0.05, 0) is 36.8 Å². The SMILES string of the molecule is CC1CCc2c(sc(NC(=O)Cc3nn(C)c(=O)c4ccccc34)c2C(N)=O)C1. The van der Waals surface area contributed by atoms with E-state index in [-0.39, 0.29) is 17.9 Å². The second-order valence-corrected chi connectivity index (χ2v) is 8.67. The molecule has 0 bridgehead atoms. The summed E-state index contributed by atoms with van der Waals surface area (Å²) in [6, 6.07) is 7.10. The van der Waals surface area contributed by atoms with Crippen LogP contribution in [0.3, 0.4) is 0 Å². The molecule has 0 radical (unpaired) electrons. The fourth-order valence-electron chi connectivity index (χ4n) is 3.93. The molecule has 1 aromatic carbocycles. The van der Waals surface area contributed by atoms with Crippen LogP contribution in [0.1, 0.15) is 39.8 Å². The summed E-state index contributed by atoms with van der Waals surface area (Å²) in [7, 11) is 1.57. The average molecular weight is 410 g/mol. The molecule has 3 aromatic rings. The van der Waals surface area contributed by atoms with Crippen molar-refractivity contribution in [2.24, 2.45) is 18.7 Å². The number of hydrogen-bond acceptors (Lipinski definition) is 5. The van der Waals surface area contributed by atoms with Crippen molar-refractivity contribution in [3.8, 4) is 0 Å². The van der Waals surface area contributed by atoms with Crippen LogP contribution in [0.4, 0.5) is 5.00 Å². The number of primary amides is 1. The van der Waals surface area contributed by atoms with Gasteiger partial charge in [0.2, 0.25) is 5.91 Å². The zero-order chi connectivity index (χ0) is 20.7. The number of amides is 2. The molecule has 0 spiro atoms. The van der Waals surface area contributed by atoms with E-state index in [2.05, 4.69) is 17.3 Å². The van der Waals surface area contributed by atoms with Crippen molar-refractivity contribution < 1.29 is 9.59 Å². The first kappa shape index (κ1) is 19.3. The van der Waals surface area contributed by atoms with E-state index in [0.717, 1.165) is 29.7 Å². The molecule has 4 rings (SSSR count). The number of aromatic nitrogens is 2. The number of carbonyl (C=O) groups is 2. The molecule has 1 aliphatic carbocycles. The number of aryl methyl sites for hydroxylation is 1. The second kappa shape index (κ2) is 7.44. The molecule has 0 fully saturated rings. The monoisotopic (exact) mass is 410 g/mol. The number of nitrogens with two attached hydrogens (primary N) is 1. The molecule has 0 saturated heterocycles. The predicted octanol–water partition coefficient (Wildman–Crippen LogP) is 2.40. The Morgan fingerprint density at radius 2 is 2.03 bits per heavy atom. The van der Waals surface area contributed by atoms with E-state index < -0.39 is 5.91 Å². The number of fused-ring (bicyclic) bond motifs is 2. The minimum absolute atomic E-state index is 0.00813. The molecule has 1 aliphatic rings. The molecule has 3 N–H and O–H groups in total. The topological polar surface area (TPSA) is 107 Å². The molecule has 8 heteroatoms. The van der Waals surface area contributed by atoms with Crippen molar-refractivity contribution in [2.45, 2.75) is 32.6 Å². The van der Waals surface area contributed by atoms with Gasteiger partial charge in [0.1, 0.15) is 5.00 Å². The molecule has 29 heavy (non-hydrogen) atoms. The van der Waals surface area contributed by atoms with Gasteiger partial charge >= 0.3 is 0 Å². The first-order valence-corrected chi connectivity index (χ1v) is 10.4. The van der Waals surface area contributed by atoms with Crippen LogP contribution in [0.15, 0.2) is 29.1 Å². The minimum Gasteiger partial charge on any atom is -0.365 e. The summed E-state index contributed by atoms with van der Waals surface area (Å²) in [5.41, 5.74) is 7.33. The molecule has 1 atom stereocenters. The van der Waals surface area contributed by atoms with Crippen LogP contribution in [0.2, 0.25) is 0 Å². The standard InChI is InChI=1S/C21H22N4O3S/c1-11-7-8-14-16(9-11)29-20(18(14)19(22)27)23-17(26)10-15-12-5-3-4-6-13(12)21(28)25(2)24-15/h3-6,11H,7-10H2,1-2H3,(H2,22,27)(H,23,26). The van der Waals surface area contributed by atoms with Crippen LogP contribution < -0.4 is 16.6 Å². The van der Waals surface area contributed by atoms with E-state index in [4.69, 9.17) is 5.73 Å². The lowest BCUT2D eigenvalue weighted by atomic mass is 9.88. The molecular formula is C21H22N4O3S. The first-order chi connectivity index (χ1) is 13.8. The van der Waals surface area contributed by atoms with Crippen LogP contribution >= 0.6 is 11.3 Å². The third kappa shape index (κ3) is 3.55. The van der Waals surface area contributed by atoms with Crippen LogP contribution in [0, 0.1) is 5.92 Å². The van der Waals surface area contributed by atoms with Crippen LogP contribution in [0.5, 0.6) is 0 Å². The highest BCUT2D eigenvalue weighted by molar-refractivity contribution is 7.17. The highest BCUT2D eigenvalue weighted by Crippen LogP contribution is 2.39. The zero-order valence-corrected chi connectivity index (χ0v) is 17.1. The maximum atomic E-state index is 12.8. The summed E-state index contributed by atoms with van der Waals surface area (Å²) >= 11 is 1.43. The molecule has 150 valence electrons. The summed E-state index contributed by atoms with van der Waals surface area (Å²) in [5, 5.41) is 8.82. The van der Waals surface area contributed by atoms with Gasteiger partial charge in [0.05, 0.1) is 23.1 Å². The first-order valence-electron chi connectivity index (χ1n) is 9.54. The van der Waals surface area contributed by atoms with Crippen LogP contribution in [-0.2, 0) is 31.1 Å². The number of nitrogens with one attached hydrogen (secondary N) is 1. The Labute approximate surface area is 171 Å². The highest BCUT2D eigenvalue weighted by atomic mass is 32.1. The average Bonchev–Trinajstić information content (AvgIpc) is 3.02. The summed E-state index contributed by atoms with van der Waals surface area (Å²) < 4.78 is 1.24. The number of rotatable bonds is 4. The molecule has 0 aliphatic heterocycles. The van der Waals surface area contributed by atoms with Crippen molar-refractivity contribution in [1.29, 1.82) is 0 Å². The molecule has 2 heterocycles. The van der Waals surface area contributed by atoms with Gasteiger partial charge in [-0.15, -0.1) is 11.3 Å². The summed E-state index contributed by atoms with van der Waals surface area (Å²) in [5.74, 6) is -0.264. The van der Waals surface area contributed by atoms with E-state index >= 15 is 0 Å². The maximum Gasteiger partial charge on any atom is 0.274 e. The number of thiophene rings is 1. The second-order valence-electron chi connectivity index (χ2n) is 7.57. The lowest BCUT2D eigenvalue weighted by molar-refractivity contribution is -0.115. The van der Waals surface area contributed by atoms with Crippen molar-refractivity contribution in [3.05, 3.63) is 56.3 Å². The van der Waals surface area contributed by atoms with Crippen LogP contribution in [0.25, 0.3) is 10.8 Å². The largest absolute Gasteiger partial charge is 0.365 e. The summed E-state index contributed by atoms with van der Waals surface area (Å²) in [4.78, 5) is 38.2. The Bertz CT molecular complexity index is 1190. The molecule has 7 nitrogen and oxygen atoms in total. The van der Waals surface area contributed by atoms with E-state index in [0.29, 0.717) is 32.9 Å². The third-order valence-corrected chi connectivity index (χ3v) is 6.54. The Morgan fingerprint density at radius 1 is 1.31 bits per heavy atom. The maximum absolute atomic E-state index is 12.8. The highest BCUT2D eigenvalue weighted by Gasteiger charge is 2.27. The van der Waals surface area contributed by atoms with E-state index in [1.165, 1.54) is 16.0 Å². The molecule has 0 saturated carbocycles. The fraction of sp³-hybridized carbons (Fsp3) is 0.333. The van der Waals surface area contributed by atoms with E-state index in [1.807, 2.05) is 6.07 Å². The summed E-state index contributed by atoms with van der Waals surface area (Å²) in [6.07, 6.45) is 2.69. The number of anilines is 1. The lowest BCUT2D eigenvalue weighted by Crippen LogP contribution is -2.24. The molecular weight excluding hydrogens is 388 g/mol. The predicted molar refractivity (Wildman–Crippen MR) is 113 cm³/mol. The van der Waals surface area contributed by atoms with E-state index in [1.54, 1.807) is 25.2 Å². The van der Waals surface area contributed by atoms with Crippen LogP contribution in [-0.4, -0.2) is 21.6 Å². The Hall–Kier alpha value is -3.00. The van der Waals surface area contributed by atoms with Crippen molar-refractivity contribution in [1.82, 2.24) is 9.78 Å². The number of nitrogens with zero attached hydrogens (tertiary/aromatic N) is 2. The van der Waals surface area contributed by atoms with Gasteiger partial charge in [0.25, 0.3) is 11.5 Å². The number of hydrogen-bond donors (Lipinski definition) is 2. The fourth-order valence-corrected chi connectivity index (χ4v) is 5.36. The van der Waals surface area contributed by atoms with Gasteiger partial charge < -0.3 is 11.1 Å². The normalized spacial score (nSPS) is 15.9. The number of carbonyl (C=O) groups excluding carboxylic acids is 2. The number of benzene rings is 1. The lowest BCUT2D eigenvalue weighted by Gasteiger charge is -2.18. The Balaban J connectivity index is 1.65. The molecule has 2 aromatic heterocycles. The Morgan fingerprint density at radius 3 is 2.76 bits per heavy atom. The smallest absolute Gasteiger partial charge is 0.274 e. The van der Waals surface area contributed by atoms with E-state index in [9.17, 15) is 14.4 Å². The quantitative estimate of drug-likeness (QED) is 0.689. The zero-order valence-electron chi connectivity index (χ0n) is 16.3. The van der Waals surface area contributed by atoms with Crippen molar-refractivity contribution in [2.75, 3.05) is 5.32 Å². The van der Waals surface area contributed by atoms with Gasteiger partial charge in [-0.1, -0.05) is 25.1 Å². The van der Waals surface area contributed by atoms with Gasteiger partial charge in [-0.25, -0.2) is 4.68 Å². The van der Waals surface area contributed by atoms with Gasteiger partial charge in [-0.3, -0.25) is 14.4 Å². The van der Waals surface area contributed by atoms with Gasteiger partial charge in [-0.2, -0.15) is 5.10 Å². The Kier molecular flexibility index (Phi) is 4.96. The summed E-state index contributed by atoms with van der Waals surface area (Å²) in [6.45, 7) is 2.18. The third-order valence-electron chi connectivity index (χ3n) is 5.37. The molecule has 2 amide bonds. The van der Waals surface area contributed by atoms with Crippen molar-refractivity contribution >= 4 is 38.9 Å².